The average molecular weight is 555 g/mol. The maximum atomic E-state index is 13.5. The summed E-state index contributed by atoms with van der Waals surface area (Å²) in [4.78, 5) is 33.6. The Morgan fingerprint density at radius 1 is 1.21 bits per heavy atom. The normalized spacial score (nSPS) is 12.3. The second-order valence-electron chi connectivity index (χ2n) is 9.63. The van der Waals surface area contributed by atoms with Gasteiger partial charge in [-0.05, 0) is 36.8 Å². The van der Waals surface area contributed by atoms with Crippen molar-refractivity contribution >= 4 is 38.5 Å². The highest BCUT2D eigenvalue weighted by Gasteiger charge is 2.24. The van der Waals surface area contributed by atoms with Gasteiger partial charge in [0.25, 0.3) is 10.1 Å². The van der Waals surface area contributed by atoms with Crippen LogP contribution in [0.5, 0.6) is 0 Å². The number of fused-ring (bicyclic) bond motifs is 1. The van der Waals surface area contributed by atoms with E-state index in [-0.39, 0.29) is 31.1 Å². The number of benzene rings is 1. The molecule has 0 bridgehead atoms. The zero-order valence-corrected chi connectivity index (χ0v) is 23.0. The van der Waals surface area contributed by atoms with Gasteiger partial charge < -0.3 is 14.6 Å². The van der Waals surface area contributed by atoms with Crippen LogP contribution < -0.4 is 5.32 Å². The van der Waals surface area contributed by atoms with Gasteiger partial charge in [-0.15, -0.1) is 0 Å². The molecule has 0 aliphatic heterocycles. The van der Waals surface area contributed by atoms with E-state index in [9.17, 15) is 18.0 Å². The Bertz CT molecular complexity index is 1440. The van der Waals surface area contributed by atoms with Crippen molar-refractivity contribution in [2.75, 3.05) is 18.9 Å². The van der Waals surface area contributed by atoms with Gasteiger partial charge in [-0.2, -0.15) is 8.42 Å². The lowest BCUT2D eigenvalue weighted by atomic mass is 9.94. The fourth-order valence-corrected chi connectivity index (χ4v) is 4.83. The number of aryl methyl sites for hydroxylation is 1. The van der Waals surface area contributed by atoms with Crippen LogP contribution in [0.3, 0.4) is 0 Å². The molecular formula is C28H34N4O6S. The number of amides is 1. The van der Waals surface area contributed by atoms with Crippen molar-refractivity contribution in [3.8, 4) is 0 Å². The van der Waals surface area contributed by atoms with Gasteiger partial charge in [0, 0.05) is 55.9 Å². The van der Waals surface area contributed by atoms with E-state index in [2.05, 4.69) is 15.1 Å². The molecule has 0 spiro atoms. The first kappa shape index (κ1) is 30.0. The monoisotopic (exact) mass is 554 g/mol. The summed E-state index contributed by atoms with van der Waals surface area (Å²) in [6, 6.07) is 11.6. The first-order valence-corrected chi connectivity index (χ1v) is 14.4. The predicted octanol–water partition coefficient (Wildman–Crippen LogP) is 4.27. The lowest BCUT2D eigenvalue weighted by Crippen LogP contribution is -2.30. The highest BCUT2D eigenvalue weighted by Crippen LogP contribution is 2.30. The number of nitrogens with one attached hydrogen (secondary N) is 1. The number of rotatable bonds is 15. The number of carbonyl (C=O) groups excluding carboxylic acids is 2. The van der Waals surface area contributed by atoms with Crippen molar-refractivity contribution in [3.05, 3.63) is 70.8 Å². The van der Waals surface area contributed by atoms with Crippen LogP contribution in [0, 0.1) is 12.5 Å². The second kappa shape index (κ2) is 14.0. The van der Waals surface area contributed by atoms with Crippen molar-refractivity contribution in [3.63, 3.8) is 0 Å². The fourth-order valence-electron chi connectivity index (χ4n) is 4.47. The number of aromatic nitrogens is 2. The Kier molecular flexibility index (Phi) is 10.7. The van der Waals surface area contributed by atoms with E-state index in [0.717, 1.165) is 24.1 Å². The third-order valence-electron chi connectivity index (χ3n) is 6.35. The van der Waals surface area contributed by atoms with Crippen LogP contribution in [0.15, 0.2) is 42.6 Å². The molecule has 208 valence electrons. The molecule has 0 aliphatic rings. The van der Waals surface area contributed by atoms with E-state index in [4.69, 9.17) is 15.9 Å². The number of pyridine rings is 1. The first-order chi connectivity index (χ1) is 18.6. The van der Waals surface area contributed by atoms with Crippen LogP contribution in [-0.2, 0) is 39.7 Å². The van der Waals surface area contributed by atoms with E-state index in [1.54, 1.807) is 13.0 Å². The van der Waals surface area contributed by atoms with Crippen LogP contribution in [0.25, 0.3) is 15.9 Å². The number of carbonyl (C=O) groups is 2. The van der Waals surface area contributed by atoms with Crippen molar-refractivity contribution in [1.29, 1.82) is 0 Å². The summed E-state index contributed by atoms with van der Waals surface area (Å²) in [5.74, 6) is -1.42. The van der Waals surface area contributed by atoms with Crippen LogP contribution in [0.4, 0.5) is 5.69 Å². The molecule has 2 heterocycles. The molecule has 0 saturated carbocycles. The molecule has 3 aromatic rings. The maximum absolute atomic E-state index is 13.5. The molecule has 39 heavy (non-hydrogen) atoms. The quantitative estimate of drug-likeness (QED) is 0.124. The number of hydrogen-bond donors (Lipinski definition) is 2. The summed E-state index contributed by atoms with van der Waals surface area (Å²) in [7, 11) is -2.31. The third kappa shape index (κ3) is 8.99. The molecule has 0 radical (unpaired) electrons. The first-order valence-electron chi connectivity index (χ1n) is 12.8. The lowest BCUT2D eigenvalue weighted by molar-refractivity contribution is -0.121. The highest BCUT2D eigenvalue weighted by atomic mass is 32.2. The topological polar surface area (TPSA) is 132 Å². The number of unbranched alkanes of at least 4 members (excludes halogenated alkanes) is 1. The number of Topliss-reactive ketones (excluding diaryl/α,β-unsaturated/α-hetero) is 1. The Hall–Kier alpha value is -3.59. The minimum atomic E-state index is -4.16. The molecule has 0 saturated heterocycles. The Morgan fingerprint density at radius 3 is 2.64 bits per heavy atom. The summed E-state index contributed by atoms with van der Waals surface area (Å²) in [5.41, 5.74) is 3.43. The van der Waals surface area contributed by atoms with Crippen LogP contribution in [-0.4, -0.2) is 53.1 Å². The van der Waals surface area contributed by atoms with Gasteiger partial charge in [0.15, 0.2) is 5.78 Å². The molecule has 0 unspecified atom stereocenters. The smallest absolute Gasteiger partial charge is 0.266 e. The number of ether oxygens (including phenoxy) is 1. The van der Waals surface area contributed by atoms with Gasteiger partial charge >= 0.3 is 0 Å². The molecule has 1 aromatic carbocycles. The van der Waals surface area contributed by atoms with Crippen LogP contribution >= 0.6 is 0 Å². The zero-order valence-electron chi connectivity index (χ0n) is 22.2. The second-order valence-corrected chi connectivity index (χ2v) is 11.2. The Balaban J connectivity index is 1.66. The molecule has 10 nitrogen and oxygen atoms in total. The highest BCUT2D eigenvalue weighted by molar-refractivity contribution is 7.85. The summed E-state index contributed by atoms with van der Waals surface area (Å²) >= 11 is 0. The molecule has 11 heteroatoms. The minimum Gasteiger partial charge on any atom is -0.377 e. The summed E-state index contributed by atoms with van der Waals surface area (Å²) in [6.45, 7) is 10.1. The van der Waals surface area contributed by atoms with Gasteiger partial charge in [0.1, 0.15) is 5.65 Å². The van der Waals surface area contributed by atoms with Crippen LogP contribution in [0.2, 0.25) is 0 Å². The number of ketones is 1. The van der Waals surface area contributed by atoms with Gasteiger partial charge in [-0.25, -0.2) is 9.83 Å². The summed E-state index contributed by atoms with van der Waals surface area (Å²) < 4.78 is 38.2. The zero-order chi connectivity index (χ0) is 28.4. The standard InChI is InChI=1S/C28H34N4O6S/c1-20(16-26(34)30-12-14-39(35,36)37)15-25(33)27-23-17-22(29-2)18-31-28(23)32(3)24(27)11-7-8-13-38-19-21-9-5-4-6-10-21/h4-6,9-10,17-18,20H,7-8,11-16,19H2,1,3H3,(H,30,34)(H,35,36,37)/t20-/m0/s1. The van der Waals surface area contributed by atoms with Crippen molar-refractivity contribution in [2.45, 2.75) is 45.6 Å². The lowest BCUT2D eigenvalue weighted by Gasteiger charge is -2.12. The largest absolute Gasteiger partial charge is 0.377 e. The van der Waals surface area contributed by atoms with E-state index < -0.39 is 21.8 Å². The van der Waals surface area contributed by atoms with Gasteiger partial charge in [-0.1, -0.05) is 37.3 Å². The molecular weight excluding hydrogens is 520 g/mol. The fraction of sp³-hybridized carbons (Fsp3) is 0.429. The van der Waals surface area contributed by atoms with E-state index in [0.29, 0.717) is 41.9 Å². The maximum Gasteiger partial charge on any atom is 0.266 e. The molecule has 1 amide bonds. The number of nitrogens with zero attached hydrogens (tertiary/aromatic N) is 3. The van der Waals surface area contributed by atoms with E-state index >= 15 is 0 Å². The molecule has 0 fully saturated rings. The average Bonchev–Trinajstić information content (AvgIpc) is 3.16. The molecule has 3 rings (SSSR count). The van der Waals surface area contributed by atoms with Gasteiger partial charge in [-0.3, -0.25) is 14.1 Å². The Morgan fingerprint density at radius 2 is 1.95 bits per heavy atom. The van der Waals surface area contributed by atoms with Crippen LogP contribution in [0.1, 0.15) is 54.2 Å². The summed E-state index contributed by atoms with van der Waals surface area (Å²) in [6.07, 6.45) is 3.84. The molecule has 0 aliphatic carbocycles. The molecule has 1 atom stereocenters. The summed E-state index contributed by atoms with van der Waals surface area (Å²) in [5, 5.41) is 3.07. The van der Waals surface area contributed by atoms with Gasteiger partial charge in [0.05, 0.1) is 18.9 Å². The van der Waals surface area contributed by atoms with Crippen molar-refractivity contribution in [2.24, 2.45) is 13.0 Å². The molecule has 2 aromatic heterocycles. The SMILES string of the molecule is [C-]#[N+]c1cnc2c(c1)c(C(=O)C[C@H](C)CC(=O)NCCS(=O)(=O)O)c(CCCCOCc1ccccc1)n2C. The van der Waals surface area contributed by atoms with Gasteiger partial charge in [0.2, 0.25) is 11.6 Å². The Labute approximate surface area is 229 Å². The van der Waals surface area contributed by atoms with E-state index in [1.165, 1.54) is 6.20 Å². The van der Waals surface area contributed by atoms with Crippen molar-refractivity contribution < 1.29 is 27.3 Å². The number of hydrogen-bond acceptors (Lipinski definition) is 6. The third-order valence-corrected chi connectivity index (χ3v) is 7.07. The van der Waals surface area contributed by atoms with Crippen molar-refractivity contribution in [1.82, 2.24) is 14.9 Å². The molecule has 2 N–H and O–H groups in total. The minimum absolute atomic E-state index is 0.0294. The van der Waals surface area contributed by atoms with E-state index in [1.807, 2.05) is 41.9 Å². The predicted molar refractivity (Wildman–Crippen MR) is 148 cm³/mol.